The molecule has 0 saturated carbocycles. The highest BCUT2D eigenvalue weighted by molar-refractivity contribution is 5.88. The second kappa shape index (κ2) is 4.78. The molecule has 1 aromatic rings. The first kappa shape index (κ1) is 12.0. The van der Waals surface area contributed by atoms with Crippen LogP contribution >= 0.6 is 0 Å². The van der Waals surface area contributed by atoms with Crippen LogP contribution in [0.25, 0.3) is 0 Å². The quantitative estimate of drug-likeness (QED) is 0.853. The third kappa shape index (κ3) is 2.43. The van der Waals surface area contributed by atoms with Crippen LogP contribution in [0.5, 0.6) is 0 Å². The van der Waals surface area contributed by atoms with Crippen LogP contribution in [0.1, 0.15) is 42.1 Å². The predicted octanol–water partition coefficient (Wildman–Crippen LogP) is 3.07. The summed E-state index contributed by atoms with van der Waals surface area (Å²) in [6.45, 7) is 5.31. The molecule has 0 aromatic heterocycles. The van der Waals surface area contributed by atoms with Gasteiger partial charge in [0.2, 0.25) is 0 Å². The van der Waals surface area contributed by atoms with Crippen molar-refractivity contribution in [1.29, 1.82) is 0 Å². The number of carboxylic acids is 1. The van der Waals surface area contributed by atoms with Crippen LogP contribution in [0.2, 0.25) is 0 Å². The zero-order valence-corrected chi connectivity index (χ0v) is 10.4. The van der Waals surface area contributed by atoms with Crippen molar-refractivity contribution < 1.29 is 9.90 Å². The Kier molecular flexibility index (Phi) is 3.36. The zero-order chi connectivity index (χ0) is 12.4. The largest absolute Gasteiger partial charge is 0.478 e. The zero-order valence-electron chi connectivity index (χ0n) is 10.4. The minimum Gasteiger partial charge on any atom is -0.478 e. The Morgan fingerprint density at radius 2 is 2.18 bits per heavy atom. The lowest BCUT2D eigenvalue weighted by atomic mass is 10.0. The molecule has 0 aliphatic carbocycles. The number of anilines is 1. The molecule has 1 aromatic carbocycles. The van der Waals surface area contributed by atoms with Crippen molar-refractivity contribution >= 4 is 11.7 Å². The fraction of sp³-hybridized carbons (Fsp3) is 0.500. The highest BCUT2D eigenvalue weighted by Gasteiger charge is 2.20. The number of aromatic carboxylic acids is 1. The fourth-order valence-corrected chi connectivity index (χ4v) is 2.57. The maximum atomic E-state index is 10.9. The number of aryl methyl sites for hydroxylation is 1. The number of benzene rings is 1. The summed E-state index contributed by atoms with van der Waals surface area (Å²) in [5.41, 5.74) is 2.61. The van der Waals surface area contributed by atoms with Crippen molar-refractivity contribution in [3.63, 3.8) is 0 Å². The van der Waals surface area contributed by atoms with Gasteiger partial charge in [-0.3, -0.25) is 0 Å². The second-order valence-electron chi connectivity index (χ2n) is 4.84. The first-order chi connectivity index (χ1) is 8.09. The molecule has 1 N–H and O–H groups in total. The van der Waals surface area contributed by atoms with Crippen LogP contribution in [-0.2, 0) is 0 Å². The smallest absolute Gasteiger partial charge is 0.335 e. The van der Waals surface area contributed by atoms with Crippen LogP contribution in [-0.4, -0.2) is 23.7 Å². The van der Waals surface area contributed by atoms with Crippen LogP contribution in [0.15, 0.2) is 18.2 Å². The number of rotatable bonds is 2. The van der Waals surface area contributed by atoms with Gasteiger partial charge in [-0.25, -0.2) is 4.79 Å². The fourth-order valence-electron chi connectivity index (χ4n) is 2.57. The van der Waals surface area contributed by atoms with E-state index in [2.05, 4.69) is 11.8 Å². The van der Waals surface area contributed by atoms with Crippen molar-refractivity contribution in [3.8, 4) is 0 Å². The summed E-state index contributed by atoms with van der Waals surface area (Å²) in [7, 11) is 0. The molecule has 1 saturated heterocycles. The monoisotopic (exact) mass is 233 g/mol. The average molecular weight is 233 g/mol. The number of hydrogen-bond acceptors (Lipinski definition) is 2. The molecule has 0 spiro atoms. The molecular weight excluding hydrogens is 214 g/mol. The first-order valence-electron chi connectivity index (χ1n) is 6.20. The summed E-state index contributed by atoms with van der Waals surface area (Å²) in [6, 6.07) is 5.96. The highest BCUT2D eigenvalue weighted by Crippen LogP contribution is 2.28. The summed E-state index contributed by atoms with van der Waals surface area (Å²) in [5.74, 6) is -0.855. The molecule has 0 amide bonds. The van der Waals surface area contributed by atoms with E-state index >= 15 is 0 Å². The Hall–Kier alpha value is -1.51. The van der Waals surface area contributed by atoms with Gasteiger partial charge in [0.25, 0.3) is 0 Å². The van der Waals surface area contributed by atoms with Gasteiger partial charge in [0, 0.05) is 18.3 Å². The lowest BCUT2D eigenvalue weighted by Crippen LogP contribution is -2.37. The topological polar surface area (TPSA) is 40.5 Å². The van der Waals surface area contributed by atoms with E-state index in [1.165, 1.54) is 24.9 Å². The lowest BCUT2D eigenvalue weighted by Gasteiger charge is -2.36. The van der Waals surface area contributed by atoms with Crippen LogP contribution < -0.4 is 4.90 Å². The Labute approximate surface area is 102 Å². The van der Waals surface area contributed by atoms with Crippen molar-refractivity contribution in [2.75, 3.05) is 11.4 Å². The average Bonchev–Trinajstić information content (AvgIpc) is 2.30. The summed E-state index contributed by atoms with van der Waals surface area (Å²) in [4.78, 5) is 13.3. The molecule has 0 bridgehead atoms. The molecule has 2 rings (SSSR count). The summed E-state index contributed by atoms with van der Waals surface area (Å²) < 4.78 is 0. The van der Waals surface area contributed by atoms with E-state index in [0.29, 0.717) is 11.6 Å². The van der Waals surface area contributed by atoms with Crippen molar-refractivity contribution in [2.45, 2.75) is 39.2 Å². The SMILES string of the molecule is Cc1cc(C(=O)O)ccc1N1CCCCC1C. The lowest BCUT2D eigenvalue weighted by molar-refractivity contribution is 0.0697. The van der Waals surface area contributed by atoms with E-state index in [-0.39, 0.29) is 0 Å². The van der Waals surface area contributed by atoms with E-state index < -0.39 is 5.97 Å². The van der Waals surface area contributed by atoms with Crippen LogP contribution in [0.4, 0.5) is 5.69 Å². The molecule has 1 aliphatic heterocycles. The van der Waals surface area contributed by atoms with Gasteiger partial charge in [-0.05, 0) is 56.9 Å². The molecule has 17 heavy (non-hydrogen) atoms. The van der Waals surface area contributed by atoms with E-state index in [4.69, 9.17) is 5.11 Å². The van der Waals surface area contributed by atoms with E-state index in [9.17, 15) is 4.79 Å². The molecule has 1 heterocycles. The highest BCUT2D eigenvalue weighted by atomic mass is 16.4. The van der Waals surface area contributed by atoms with Crippen molar-refractivity contribution in [2.24, 2.45) is 0 Å². The van der Waals surface area contributed by atoms with Gasteiger partial charge in [-0.2, -0.15) is 0 Å². The Morgan fingerprint density at radius 1 is 1.41 bits per heavy atom. The summed E-state index contributed by atoms with van der Waals surface area (Å²) >= 11 is 0. The predicted molar refractivity (Wildman–Crippen MR) is 68.8 cm³/mol. The molecule has 0 radical (unpaired) electrons. The molecule has 3 heteroatoms. The molecule has 1 fully saturated rings. The number of hydrogen-bond donors (Lipinski definition) is 1. The maximum absolute atomic E-state index is 10.9. The first-order valence-corrected chi connectivity index (χ1v) is 6.20. The van der Waals surface area contributed by atoms with Gasteiger partial charge >= 0.3 is 5.97 Å². The minimum absolute atomic E-state index is 0.371. The molecule has 1 atom stereocenters. The van der Waals surface area contributed by atoms with E-state index in [0.717, 1.165) is 12.1 Å². The minimum atomic E-state index is -0.855. The van der Waals surface area contributed by atoms with Gasteiger partial charge in [-0.1, -0.05) is 0 Å². The maximum Gasteiger partial charge on any atom is 0.335 e. The normalized spacial score (nSPS) is 20.4. The van der Waals surface area contributed by atoms with E-state index in [1.807, 2.05) is 13.0 Å². The third-order valence-corrected chi connectivity index (χ3v) is 3.56. The Morgan fingerprint density at radius 3 is 2.76 bits per heavy atom. The van der Waals surface area contributed by atoms with Crippen LogP contribution in [0, 0.1) is 6.92 Å². The van der Waals surface area contributed by atoms with E-state index in [1.54, 1.807) is 12.1 Å². The molecule has 3 nitrogen and oxygen atoms in total. The number of carboxylic acid groups (broad SMARTS) is 1. The molecule has 1 aliphatic rings. The Bertz CT molecular complexity index is 428. The number of carbonyl (C=O) groups is 1. The summed E-state index contributed by atoms with van der Waals surface area (Å²) in [6.07, 6.45) is 3.74. The van der Waals surface area contributed by atoms with Crippen molar-refractivity contribution in [1.82, 2.24) is 0 Å². The molecule has 92 valence electrons. The number of nitrogens with zero attached hydrogens (tertiary/aromatic N) is 1. The number of piperidine rings is 1. The van der Waals surface area contributed by atoms with Crippen molar-refractivity contribution in [3.05, 3.63) is 29.3 Å². The van der Waals surface area contributed by atoms with Gasteiger partial charge in [-0.15, -0.1) is 0 Å². The molecular formula is C14H19NO2. The second-order valence-corrected chi connectivity index (χ2v) is 4.84. The summed E-state index contributed by atoms with van der Waals surface area (Å²) in [5, 5.41) is 8.95. The van der Waals surface area contributed by atoms with Crippen LogP contribution in [0.3, 0.4) is 0 Å². The third-order valence-electron chi connectivity index (χ3n) is 3.56. The standard InChI is InChI=1S/C14H19NO2/c1-10-9-12(14(16)17)6-7-13(10)15-8-4-3-5-11(15)2/h6-7,9,11H,3-5,8H2,1-2H3,(H,16,17). The van der Waals surface area contributed by atoms with Gasteiger partial charge in [0.1, 0.15) is 0 Å². The Balaban J connectivity index is 2.29. The molecule has 1 unspecified atom stereocenters. The van der Waals surface area contributed by atoms with Gasteiger partial charge in [0.05, 0.1) is 5.56 Å². The van der Waals surface area contributed by atoms with Gasteiger partial charge < -0.3 is 10.0 Å². The van der Waals surface area contributed by atoms with Gasteiger partial charge in [0.15, 0.2) is 0 Å².